The molecule has 0 spiro atoms. The number of hydrogen-bond donors (Lipinski definition) is 2. The van der Waals surface area contributed by atoms with Crippen LogP contribution in [0.2, 0.25) is 5.02 Å². The van der Waals surface area contributed by atoms with Crippen molar-refractivity contribution in [1.82, 2.24) is 0 Å². The van der Waals surface area contributed by atoms with Gasteiger partial charge in [-0.05, 0) is 43.5 Å². The van der Waals surface area contributed by atoms with Gasteiger partial charge in [0.25, 0.3) is 0 Å². The Morgan fingerprint density at radius 1 is 1.50 bits per heavy atom. The van der Waals surface area contributed by atoms with Crippen LogP contribution in [0.5, 0.6) is 0 Å². The Balaban J connectivity index is 2.04. The van der Waals surface area contributed by atoms with E-state index in [9.17, 15) is 9.18 Å². The number of amides is 1. The second-order valence-electron chi connectivity index (χ2n) is 4.65. The summed E-state index contributed by atoms with van der Waals surface area (Å²) in [6.45, 7) is 0.530. The molecule has 2 atom stereocenters. The van der Waals surface area contributed by atoms with E-state index in [4.69, 9.17) is 17.3 Å². The third kappa shape index (κ3) is 2.82. The highest BCUT2D eigenvalue weighted by Crippen LogP contribution is 2.32. The van der Waals surface area contributed by atoms with Gasteiger partial charge < -0.3 is 11.1 Å². The molecule has 18 heavy (non-hydrogen) atoms. The third-order valence-electron chi connectivity index (χ3n) is 3.49. The maximum absolute atomic E-state index is 13.0. The summed E-state index contributed by atoms with van der Waals surface area (Å²) in [4.78, 5) is 12.1. The molecule has 3 N–H and O–H groups in total. The lowest BCUT2D eigenvalue weighted by molar-refractivity contribution is -0.120. The Bertz CT molecular complexity index is 453. The number of nitrogens with two attached hydrogens (primary N) is 1. The summed E-state index contributed by atoms with van der Waals surface area (Å²) in [6.07, 6.45) is 2.89. The van der Waals surface area contributed by atoms with Crippen molar-refractivity contribution in [1.29, 1.82) is 0 Å². The second kappa shape index (κ2) is 5.67. The molecule has 0 aromatic heterocycles. The van der Waals surface area contributed by atoms with E-state index < -0.39 is 5.82 Å². The first-order valence-corrected chi connectivity index (χ1v) is 6.45. The van der Waals surface area contributed by atoms with Gasteiger partial charge in [-0.1, -0.05) is 18.0 Å². The van der Waals surface area contributed by atoms with E-state index in [0.29, 0.717) is 12.2 Å². The molecule has 2 rings (SSSR count). The lowest BCUT2D eigenvalue weighted by Crippen LogP contribution is -2.29. The molecule has 0 saturated heterocycles. The number of halogens is 2. The van der Waals surface area contributed by atoms with E-state index in [1.54, 1.807) is 0 Å². The molecular formula is C13H16ClFN2O. The SMILES string of the molecule is NC[C@H]1CCC[C@H]1C(=O)Nc1ccc(F)c(Cl)c1. The van der Waals surface area contributed by atoms with Crippen LogP contribution in [-0.2, 0) is 4.79 Å². The van der Waals surface area contributed by atoms with Crippen LogP contribution in [0.1, 0.15) is 19.3 Å². The van der Waals surface area contributed by atoms with Crippen LogP contribution in [0.25, 0.3) is 0 Å². The monoisotopic (exact) mass is 270 g/mol. The fourth-order valence-corrected chi connectivity index (χ4v) is 2.65. The number of hydrogen-bond acceptors (Lipinski definition) is 2. The maximum atomic E-state index is 13.0. The average molecular weight is 271 g/mol. The molecule has 1 aliphatic rings. The van der Waals surface area contributed by atoms with Crippen molar-refractivity contribution in [2.24, 2.45) is 17.6 Å². The molecule has 98 valence electrons. The van der Waals surface area contributed by atoms with Crippen LogP contribution < -0.4 is 11.1 Å². The quantitative estimate of drug-likeness (QED) is 0.887. The molecule has 1 aromatic rings. The smallest absolute Gasteiger partial charge is 0.227 e. The molecule has 1 fully saturated rings. The summed E-state index contributed by atoms with van der Waals surface area (Å²) in [5.41, 5.74) is 6.17. The normalized spacial score (nSPS) is 23.1. The fraction of sp³-hybridized carbons (Fsp3) is 0.462. The van der Waals surface area contributed by atoms with Gasteiger partial charge in [0.15, 0.2) is 0 Å². The van der Waals surface area contributed by atoms with E-state index in [2.05, 4.69) is 5.32 Å². The van der Waals surface area contributed by atoms with E-state index in [1.807, 2.05) is 0 Å². The first-order chi connectivity index (χ1) is 8.61. The van der Waals surface area contributed by atoms with Gasteiger partial charge in [0.1, 0.15) is 5.82 Å². The van der Waals surface area contributed by atoms with Crippen LogP contribution in [0, 0.1) is 17.7 Å². The summed E-state index contributed by atoms with van der Waals surface area (Å²) in [5, 5.41) is 2.78. The van der Waals surface area contributed by atoms with Gasteiger partial charge in [-0.15, -0.1) is 0 Å². The lowest BCUT2D eigenvalue weighted by atomic mass is 9.95. The van der Waals surface area contributed by atoms with Gasteiger partial charge in [0.05, 0.1) is 5.02 Å². The molecule has 3 nitrogen and oxygen atoms in total. The van der Waals surface area contributed by atoms with Crippen molar-refractivity contribution in [2.45, 2.75) is 19.3 Å². The number of benzene rings is 1. The standard InChI is InChI=1S/C13H16ClFN2O/c14-11-6-9(4-5-12(11)15)17-13(18)10-3-1-2-8(10)7-16/h4-6,8,10H,1-3,7,16H2,(H,17,18)/t8-,10-/m1/s1. The average Bonchev–Trinajstić information content (AvgIpc) is 2.82. The van der Waals surface area contributed by atoms with Crippen LogP contribution in [0.4, 0.5) is 10.1 Å². The van der Waals surface area contributed by atoms with Gasteiger partial charge in [-0.2, -0.15) is 0 Å². The topological polar surface area (TPSA) is 55.1 Å². The Morgan fingerprint density at radius 2 is 2.28 bits per heavy atom. The zero-order chi connectivity index (χ0) is 13.1. The van der Waals surface area contributed by atoms with Gasteiger partial charge in [0, 0.05) is 11.6 Å². The van der Waals surface area contributed by atoms with Gasteiger partial charge in [0.2, 0.25) is 5.91 Å². The minimum atomic E-state index is -0.490. The van der Waals surface area contributed by atoms with Crippen molar-refractivity contribution in [3.63, 3.8) is 0 Å². The largest absolute Gasteiger partial charge is 0.330 e. The molecule has 0 unspecified atom stereocenters. The number of carbonyl (C=O) groups excluding carboxylic acids is 1. The molecular weight excluding hydrogens is 255 g/mol. The molecule has 0 radical (unpaired) electrons. The van der Waals surface area contributed by atoms with E-state index in [1.165, 1.54) is 18.2 Å². The first kappa shape index (κ1) is 13.3. The van der Waals surface area contributed by atoms with E-state index in [0.717, 1.165) is 19.3 Å². The molecule has 1 amide bonds. The minimum Gasteiger partial charge on any atom is -0.330 e. The second-order valence-corrected chi connectivity index (χ2v) is 5.06. The summed E-state index contributed by atoms with van der Waals surface area (Å²) in [5.74, 6) is -0.333. The summed E-state index contributed by atoms with van der Waals surface area (Å²) in [7, 11) is 0. The maximum Gasteiger partial charge on any atom is 0.227 e. The zero-order valence-corrected chi connectivity index (χ0v) is 10.7. The Morgan fingerprint density at radius 3 is 2.94 bits per heavy atom. The van der Waals surface area contributed by atoms with Crippen molar-refractivity contribution in [2.75, 3.05) is 11.9 Å². The van der Waals surface area contributed by atoms with E-state index in [-0.39, 0.29) is 22.8 Å². The molecule has 1 aliphatic carbocycles. The van der Waals surface area contributed by atoms with Crippen LogP contribution in [-0.4, -0.2) is 12.5 Å². The number of carbonyl (C=O) groups is 1. The zero-order valence-electron chi connectivity index (χ0n) is 9.96. The van der Waals surface area contributed by atoms with E-state index >= 15 is 0 Å². The van der Waals surface area contributed by atoms with Crippen molar-refractivity contribution in [3.8, 4) is 0 Å². The Hall–Kier alpha value is -1.13. The van der Waals surface area contributed by atoms with Crippen molar-refractivity contribution < 1.29 is 9.18 Å². The molecule has 0 bridgehead atoms. The fourth-order valence-electron chi connectivity index (χ4n) is 2.47. The third-order valence-corrected chi connectivity index (χ3v) is 3.78. The van der Waals surface area contributed by atoms with Crippen molar-refractivity contribution >= 4 is 23.2 Å². The first-order valence-electron chi connectivity index (χ1n) is 6.08. The minimum absolute atomic E-state index is 0.00889. The summed E-state index contributed by atoms with van der Waals surface area (Å²) >= 11 is 5.67. The predicted molar refractivity (Wildman–Crippen MR) is 69.9 cm³/mol. The van der Waals surface area contributed by atoms with Gasteiger partial charge in [-0.25, -0.2) is 4.39 Å². The summed E-state index contributed by atoms with van der Waals surface area (Å²) in [6, 6.07) is 4.17. The molecule has 1 aromatic carbocycles. The highest BCUT2D eigenvalue weighted by Gasteiger charge is 2.31. The highest BCUT2D eigenvalue weighted by atomic mass is 35.5. The van der Waals surface area contributed by atoms with Gasteiger partial charge in [-0.3, -0.25) is 4.79 Å². The predicted octanol–water partition coefficient (Wildman–Crippen LogP) is 2.79. The van der Waals surface area contributed by atoms with Gasteiger partial charge >= 0.3 is 0 Å². The summed E-state index contributed by atoms with van der Waals surface area (Å²) < 4.78 is 13.0. The number of nitrogens with one attached hydrogen (secondary N) is 1. The van der Waals surface area contributed by atoms with Crippen molar-refractivity contribution in [3.05, 3.63) is 29.0 Å². The molecule has 0 heterocycles. The lowest BCUT2D eigenvalue weighted by Gasteiger charge is -2.17. The molecule has 5 heteroatoms. The molecule has 1 saturated carbocycles. The van der Waals surface area contributed by atoms with Crippen LogP contribution in [0.3, 0.4) is 0 Å². The van der Waals surface area contributed by atoms with Crippen LogP contribution in [0.15, 0.2) is 18.2 Å². The molecule has 0 aliphatic heterocycles. The highest BCUT2D eigenvalue weighted by molar-refractivity contribution is 6.31. The Kier molecular flexibility index (Phi) is 4.19. The Labute approximate surface area is 111 Å². The number of rotatable bonds is 3. The van der Waals surface area contributed by atoms with Crippen LogP contribution >= 0.6 is 11.6 Å². The number of anilines is 1.